The molecular weight excluding hydrogens is 456 g/mol. The number of nitriles is 1. The largest absolute Gasteiger partial charge is 0.494 e. The maximum absolute atomic E-state index is 12.4. The second kappa shape index (κ2) is 11.3. The van der Waals surface area contributed by atoms with Crippen LogP contribution in [0.3, 0.4) is 0 Å². The topological polar surface area (TPSA) is 104 Å². The lowest BCUT2D eigenvalue weighted by Crippen LogP contribution is -2.21. The van der Waals surface area contributed by atoms with Gasteiger partial charge in [0.1, 0.15) is 34.6 Å². The number of aryl methyl sites for hydroxylation is 1. The molecule has 0 saturated heterocycles. The van der Waals surface area contributed by atoms with Gasteiger partial charge in [0.25, 0.3) is 0 Å². The summed E-state index contributed by atoms with van der Waals surface area (Å²) in [4.78, 5) is 12.4. The molecule has 0 amide bonds. The molecule has 0 fully saturated rings. The smallest absolute Gasteiger partial charge is 0.349 e. The molecule has 184 valence electrons. The Bertz CT molecular complexity index is 1290. The van der Waals surface area contributed by atoms with Gasteiger partial charge < -0.3 is 24.7 Å². The van der Waals surface area contributed by atoms with Crippen LogP contribution in [0.25, 0.3) is 0 Å². The predicted octanol–water partition coefficient (Wildman–Crippen LogP) is 5.24. The number of nitrogens with zero attached hydrogens (tertiary/aromatic N) is 1. The molecule has 0 bridgehead atoms. The molecule has 0 spiro atoms. The van der Waals surface area contributed by atoms with E-state index in [0.29, 0.717) is 29.4 Å². The van der Waals surface area contributed by atoms with Crippen LogP contribution in [0.2, 0.25) is 0 Å². The average molecular weight is 485 g/mol. The molecule has 7 nitrogen and oxygen atoms in total. The number of rotatable bonds is 9. The van der Waals surface area contributed by atoms with E-state index in [0.717, 1.165) is 29.7 Å². The minimum atomic E-state index is -0.550. The first-order valence-corrected chi connectivity index (χ1v) is 11.9. The molecule has 2 N–H and O–H groups in total. The summed E-state index contributed by atoms with van der Waals surface area (Å²) >= 11 is 0. The summed E-state index contributed by atoms with van der Waals surface area (Å²) in [6, 6.07) is 22.3. The van der Waals surface area contributed by atoms with Gasteiger partial charge in [0.05, 0.1) is 12.5 Å². The highest BCUT2D eigenvalue weighted by Crippen LogP contribution is 2.43. The third-order valence-corrected chi connectivity index (χ3v) is 5.80. The van der Waals surface area contributed by atoms with Gasteiger partial charge in [0.15, 0.2) is 6.61 Å². The maximum atomic E-state index is 12.4. The number of fused-ring (bicyclic) bond motifs is 1. The molecule has 1 aliphatic heterocycles. The lowest BCUT2D eigenvalue weighted by Gasteiger charge is -2.26. The van der Waals surface area contributed by atoms with Gasteiger partial charge in [0, 0.05) is 11.6 Å². The fourth-order valence-corrected chi connectivity index (χ4v) is 3.94. The SMILES string of the molecule is CCCOc1ccc(C2C(C#N)=C(N)Oc3cc(OC(=O)COc4ccc(CC)cc4)ccc32)cc1. The van der Waals surface area contributed by atoms with Crippen LogP contribution in [-0.4, -0.2) is 19.2 Å². The van der Waals surface area contributed by atoms with E-state index in [2.05, 4.69) is 13.0 Å². The molecule has 0 radical (unpaired) electrons. The van der Waals surface area contributed by atoms with Crippen molar-refractivity contribution >= 4 is 5.97 Å². The van der Waals surface area contributed by atoms with E-state index in [1.807, 2.05) is 55.5 Å². The zero-order chi connectivity index (χ0) is 25.5. The van der Waals surface area contributed by atoms with Gasteiger partial charge in [-0.15, -0.1) is 0 Å². The van der Waals surface area contributed by atoms with Crippen molar-refractivity contribution in [2.75, 3.05) is 13.2 Å². The quantitative estimate of drug-likeness (QED) is 0.327. The Hall–Kier alpha value is -4.44. The number of hydrogen-bond donors (Lipinski definition) is 1. The molecule has 1 unspecified atom stereocenters. The lowest BCUT2D eigenvalue weighted by molar-refractivity contribution is -0.136. The van der Waals surface area contributed by atoms with Crippen LogP contribution < -0.4 is 24.7 Å². The Balaban J connectivity index is 1.49. The molecule has 36 heavy (non-hydrogen) atoms. The first kappa shape index (κ1) is 24.7. The summed E-state index contributed by atoms with van der Waals surface area (Å²) in [6.07, 6.45) is 1.84. The van der Waals surface area contributed by atoms with E-state index < -0.39 is 11.9 Å². The summed E-state index contributed by atoms with van der Waals surface area (Å²) in [5.41, 5.74) is 9.21. The zero-order valence-electron chi connectivity index (χ0n) is 20.3. The van der Waals surface area contributed by atoms with Crippen LogP contribution in [0.4, 0.5) is 0 Å². The highest BCUT2D eigenvalue weighted by molar-refractivity contribution is 5.74. The molecule has 1 atom stereocenters. The van der Waals surface area contributed by atoms with Crippen LogP contribution in [0, 0.1) is 11.3 Å². The second-order valence-corrected chi connectivity index (χ2v) is 8.30. The molecule has 3 aromatic rings. The molecule has 0 saturated carbocycles. The third-order valence-electron chi connectivity index (χ3n) is 5.80. The number of hydrogen-bond acceptors (Lipinski definition) is 7. The summed E-state index contributed by atoms with van der Waals surface area (Å²) in [5.74, 6) is 1.11. The fraction of sp³-hybridized carbons (Fsp3) is 0.241. The van der Waals surface area contributed by atoms with Crippen molar-refractivity contribution in [3.05, 3.63) is 94.9 Å². The van der Waals surface area contributed by atoms with Crippen LogP contribution in [0.5, 0.6) is 23.0 Å². The number of benzene rings is 3. The number of nitrogens with two attached hydrogens (primary N) is 1. The summed E-state index contributed by atoms with van der Waals surface area (Å²) in [7, 11) is 0. The number of allylic oxidation sites excluding steroid dienone is 1. The van der Waals surface area contributed by atoms with Crippen molar-refractivity contribution < 1.29 is 23.7 Å². The van der Waals surface area contributed by atoms with Gasteiger partial charge in [-0.05, 0) is 54.3 Å². The molecule has 7 heteroatoms. The number of esters is 1. The summed E-state index contributed by atoms with van der Waals surface area (Å²) < 4.78 is 22.4. The van der Waals surface area contributed by atoms with Gasteiger partial charge in [0.2, 0.25) is 5.88 Å². The number of carbonyl (C=O) groups is 1. The fourth-order valence-electron chi connectivity index (χ4n) is 3.94. The highest BCUT2D eigenvalue weighted by Gasteiger charge is 2.31. The van der Waals surface area contributed by atoms with Crippen molar-refractivity contribution in [1.82, 2.24) is 0 Å². The lowest BCUT2D eigenvalue weighted by atomic mass is 9.83. The molecule has 1 aliphatic rings. The van der Waals surface area contributed by atoms with Crippen LogP contribution in [0.15, 0.2) is 78.2 Å². The second-order valence-electron chi connectivity index (χ2n) is 8.30. The van der Waals surface area contributed by atoms with E-state index >= 15 is 0 Å². The standard InChI is InChI=1S/C29H28N2O5/c1-3-15-33-21-11-7-20(8-12-21)28-24-14-13-23(16-26(24)36-29(31)25(28)17-30)35-27(32)18-34-22-9-5-19(4-2)6-10-22/h5-14,16,28H,3-4,15,18,31H2,1-2H3. The number of ether oxygens (including phenoxy) is 4. The maximum Gasteiger partial charge on any atom is 0.349 e. The molecule has 1 heterocycles. The van der Waals surface area contributed by atoms with E-state index in [-0.39, 0.29) is 12.5 Å². The normalized spacial score (nSPS) is 14.3. The molecule has 3 aromatic carbocycles. The Morgan fingerprint density at radius 2 is 1.64 bits per heavy atom. The monoisotopic (exact) mass is 484 g/mol. The Labute approximate surface area is 210 Å². The molecule has 0 aromatic heterocycles. The summed E-state index contributed by atoms with van der Waals surface area (Å²) in [6.45, 7) is 4.51. The molecular formula is C29H28N2O5. The molecule has 0 aliphatic carbocycles. The average Bonchev–Trinajstić information content (AvgIpc) is 2.90. The van der Waals surface area contributed by atoms with E-state index in [9.17, 15) is 10.1 Å². The minimum Gasteiger partial charge on any atom is -0.494 e. The van der Waals surface area contributed by atoms with Crippen molar-refractivity contribution in [3.63, 3.8) is 0 Å². The van der Waals surface area contributed by atoms with Crippen molar-refractivity contribution in [1.29, 1.82) is 5.26 Å². The Kier molecular flexibility index (Phi) is 7.76. The minimum absolute atomic E-state index is 0.0173. The highest BCUT2D eigenvalue weighted by atomic mass is 16.6. The Morgan fingerprint density at radius 1 is 0.972 bits per heavy atom. The van der Waals surface area contributed by atoms with Gasteiger partial charge in [-0.25, -0.2) is 4.79 Å². The summed E-state index contributed by atoms with van der Waals surface area (Å²) in [5, 5.41) is 9.77. The van der Waals surface area contributed by atoms with Crippen molar-refractivity contribution in [2.45, 2.75) is 32.6 Å². The van der Waals surface area contributed by atoms with E-state index in [1.165, 1.54) is 5.56 Å². The van der Waals surface area contributed by atoms with Crippen molar-refractivity contribution in [3.8, 4) is 29.1 Å². The first-order chi connectivity index (χ1) is 17.5. The Morgan fingerprint density at radius 3 is 2.31 bits per heavy atom. The van der Waals surface area contributed by atoms with Crippen LogP contribution in [-0.2, 0) is 11.2 Å². The van der Waals surface area contributed by atoms with Gasteiger partial charge in [-0.3, -0.25) is 0 Å². The van der Waals surface area contributed by atoms with Crippen LogP contribution in [0.1, 0.15) is 42.9 Å². The predicted molar refractivity (Wildman–Crippen MR) is 135 cm³/mol. The van der Waals surface area contributed by atoms with Crippen molar-refractivity contribution in [2.24, 2.45) is 5.73 Å². The van der Waals surface area contributed by atoms with E-state index in [1.54, 1.807) is 18.2 Å². The first-order valence-electron chi connectivity index (χ1n) is 11.9. The van der Waals surface area contributed by atoms with Crippen LogP contribution >= 0.6 is 0 Å². The number of carbonyl (C=O) groups excluding carboxylic acids is 1. The third kappa shape index (κ3) is 5.61. The van der Waals surface area contributed by atoms with Gasteiger partial charge >= 0.3 is 5.97 Å². The van der Waals surface area contributed by atoms with Gasteiger partial charge in [-0.1, -0.05) is 44.2 Å². The van der Waals surface area contributed by atoms with E-state index in [4.69, 9.17) is 24.7 Å². The van der Waals surface area contributed by atoms with Gasteiger partial charge in [-0.2, -0.15) is 5.26 Å². The zero-order valence-corrected chi connectivity index (χ0v) is 20.3. The molecule has 4 rings (SSSR count).